The number of carbonyl (C=O) groups excluding carboxylic acids is 2. The van der Waals surface area contributed by atoms with E-state index in [4.69, 9.17) is 9.47 Å². The summed E-state index contributed by atoms with van der Waals surface area (Å²) in [7, 11) is 0. The molecule has 1 fully saturated rings. The molecule has 2 aromatic rings. The smallest absolute Gasteiger partial charge is 0.260 e. The van der Waals surface area contributed by atoms with E-state index >= 15 is 0 Å². The van der Waals surface area contributed by atoms with Gasteiger partial charge in [-0.25, -0.2) is 0 Å². The van der Waals surface area contributed by atoms with E-state index in [1.54, 1.807) is 11.0 Å². The summed E-state index contributed by atoms with van der Waals surface area (Å²) in [5.74, 6) is 1.11. The van der Waals surface area contributed by atoms with E-state index in [0.717, 1.165) is 17.7 Å². The lowest BCUT2D eigenvalue weighted by atomic mass is 10.1. The van der Waals surface area contributed by atoms with Gasteiger partial charge >= 0.3 is 0 Å². The number of nitrogens with zero attached hydrogens (tertiary/aromatic N) is 2. The highest BCUT2D eigenvalue weighted by atomic mass is 16.5. The zero-order valence-corrected chi connectivity index (χ0v) is 18.3. The molecule has 0 unspecified atom stereocenters. The molecule has 0 bridgehead atoms. The molecule has 2 aromatic carbocycles. The molecule has 0 aromatic heterocycles. The molecular formula is C24H31N3O4. The third-order valence-corrected chi connectivity index (χ3v) is 5.26. The van der Waals surface area contributed by atoms with Crippen molar-refractivity contribution in [2.75, 3.05) is 51.3 Å². The van der Waals surface area contributed by atoms with E-state index < -0.39 is 0 Å². The molecule has 0 radical (unpaired) electrons. The largest absolute Gasteiger partial charge is 0.490 e. The van der Waals surface area contributed by atoms with Crippen LogP contribution in [0, 0.1) is 0 Å². The van der Waals surface area contributed by atoms with E-state index in [-0.39, 0.29) is 18.4 Å². The number of aryl methyl sites for hydroxylation is 1. The maximum Gasteiger partial charge on any atom is 0.260 e. The Morgan fingerprint density at radius 2 is 1.55 bits per heavy atom. The van der Waals surface area contributed by atoms with Crippen LogP contribution in [0.25, 0.3) is 0 Å². The average Bonchev–Trinajstić information content (AvgIpc) is 2.79. The standard InChI is InChI=1S/C24H31N3O4/c1-3-19-9-5-6-10-20(19)25-23(28)17-26-13-15-27(16-14-26)24(29)18-31-22-12-8-7-11-21(22)30-4-2/h5-12H,3-4,13-18H2,1-2H3,(H,25,28). The molecule has 166 valence electrons. The summed E-state index contributed by atoms with van der Waals surface area (Å²) in [6.45, 7) is 7.27. The van der Waals surface area contributed by atoms with Crippen molar-refractivity contribution in [3.05, 3.63) is 54.1 Å². The highest BCUT2D eigenvalue weighted by Crippen LogP contribution is 2.26. The van der Waals surface area contributed by atoms with Crippen molar-refractivity contribution >= 4 is 17.5 Å². The van der Waals surface area contributed by atoms with E-state index in [9.17, 15) is 9.59 Å². The number of ether oxygens (including phenoxy) is 2. The SMILES string of the molecule is CCOc1ccccc1OCC(=O)N1CCN(CC(=O)Nc2ccccc2CC)CC1. The van der Waals surface area contributed by atoms with Crippen LogP contribution in [0.5, 0.6) is 11.5 Å². The van der Waals surface area contributed by atoms with Crippen LogP contribution in [0.15, 0.2) is 48.5 Å². The Bertz CT molecular complexity index is 879. The number of amides is 2. The fraction of sp³-hybridized carbons (Fsp3) is 0.417. The summed E-state index contributed by atoms with van der Waals surface area (Å²) in [4.78, 5) is 28.8. The summed E-state index contributed by atoms with van der Waals surface area (Å²) < 4.78 is 11.2. The van der Waals surface area contributed by atoms with Gasteiger partial charge in [-0.05, 0) is 37.1 Å². The van der Waals surface area contributed by atoms with Gasteiger partial charge in [0.05, 0.1) is 13.2 Å². The summed E-state index contributed by atoms with van der Waals surface area (Å²) in [6.07, 6.45) is 0.869. The summed E-state index contributed by atoms with van der Waals surface area (Å²) >= 11 is 0. The monoisotopic (exact) mass is 425 g/mol. The minimum atomic E-state index is -0.0627. The molecule has 0 saturated carbocycles. The number of rotatable bonds is 9. The van der Waals surface area contributed by atoms with Crippen molar-refractivity contribution in [2.24, 2.45) is 0 Å². The van der Waals surface area contributed by atoms with Gasteiger partial charge in [0.15, 0.2) is 18.1 Å². The summed E-state index contributed by atoms with van der Waals surface area (Å²) in [5.41, 5.74) is 1.99. The van der Waals surface area contributed by atoms with Crippen molar-refractivity contribution in [1.29, 1.82) is 0 Å². The van der Waals surface area contributed by atoms with Gasteiger partial charge in [0.25, 0.3) is 5.91 Å². The fourth-order valence-corrected chi connectivity index (χ4v) is 3.57. The molecule has 0 atom stereocenters. The number of hydrogen-bond donors (Lipinski definition) is 1. The maximum absolute atomic E-state index is 12.5. The van der Waals surface area contributed by atoms with E-state index in [0.29, 0.717) is 50.8 Å². The van der Waals surface area contributed by atoms with Gasteiger partial charge < -0.3 is 19.7 Å². The molecule has 0 aliphatic carbocycles. The van der Waals surface area contributed by atoms with Gasteiger partial charge in [0.2, 0.25) is 5.91 Å². The molecule has 1 aliphatic heterocycles. The van der Waals surface area contributed by atoms with Crippen molar-refractivity contribution in [3.63, 3.8) is 0 Å². The topological polar surface area (TPSA) is 71.1 Å². The molecule has 1 heterocycles. The average molecular weight is 426 g/mol. The van der Waals surface area contributed by atoms with Gasteiger partial charge in [0, 0.05) is 31.9 Å². The molecule has 1 saturated heterocycles. The first-order valence-corrected chi connectivity index (χ1v) is 10.8. The Balaban J connectivity index is 1.43. The van der Waals surface area contributed by atoms with Crippen LogP contribution in [-0.2, 0) is 16.0 Å². The van der Waals surface area contributed by atoms with Crippen molar-refractivity contribution in [2.45, 2.75) is 20.3 Å². The summed E-state index contributed by atoms with van der Waals surface area (Å²) in [6, 6.07) is 15.2. The lowest BCUT2D eigenvalue weighted by Crippen LogP contribution is -2.51. The number of carbonyl (C=O) groups is 2. The molecular weight excluding hydrogens is 394 g/mol. The van der Waals surface area contributed by atoms with E-state index in [1.807, 2.05) is 49.4 Å². The van der Waals surface area contributed by atoms with Gasteiger partial charge in [-0.2, -0.15) is 0 Å². The number of para-hydroxylation sites is 3. The number of hydrogen-bond acceptors (Lipinski definition) is 5. The van der Waals surface area contributed by atoms with Gasteiger partial charge in [0.1, 0.15) is 0 Å². The Hall–Kier alpha value is -3.06. The highest BCUT2D eigenvalue weighted by molar-refractivity contribution is 5.93. The molecule has 7 heteroatoms. The predicted octanol–water partition coefficient (Wildman–Crippen LogP) is 2.81. The lowest BCUT2D eigenvalue weighted by molar-refractivity contribution is -0.135. The predicted molar refractivity (Wildman–Crippen MR) is 121 cm³/mol. The van der Waals surface area contributed by atoms with Crippen LogP contribution < -0.4 is 14.8 Å². The van der Waals surface area contributed by atoms with Crippen LogP contribution in [0.3, 0.4) is 0 Å². The van der Waals surface area contributed by atoms with Crippen molar-refractivity contribution in [1.82, 2.24) is 9.80 Å². The Morgan fingerprint density at radius 3 is 2.23 bits per heavy atom. The third kappa shape index (κ3) is 6.46. The Kier molecular flexibility index (Phi) is 8.29. The second-order valence-electron chi connectivity index (χ2n) is 7.38. The quantitative estimate of drug-likeness (QED) is 0.669. The molecule has 7 nitrogen and oxygen atoms in total. The van der Waals surface area contributed by atoms with E-state index in [2.05, 4.69) is 17.1 Å². The number of nitrogens with one attached hydrogen (secondary N) is 1. The maximum atomic E-state index is 12.5. The Labute approximate surface area is 183 Å². The van der Waals surface area contributed by atoms with Crippen LogP contribution in [0.2, 0.25) is 0 Å². The molecule has 2 amide bonds. The molecule has 1 N–H and O–H groups in total. The summed E-state index contributed by atoms with van der Waals surface area (Å²) in [5, 5.41) is 3.00. The molecule has 31 heavy (non-hydrogen) atoms. The minimum Gasteiger partial charge on any atom is -0.490 e. The van der Waals surface area contributed by atoms with Crippen LogP contribution in [0.4, 0.5) is 5.69 Å². The molecule has 1 aliphatic rings. The minimum absolute atomic E-state index is 0.0294. The van der Waals surface area contributed by atoms with Gasteiger partial charge in [-0.3, -0.25) is 14.5 Å². The second-order valence-corrected chi connectivity index (χ2v) is 7.38. The zero-order chi connectivity index (χ0) is 22.1. The first-order chi connectivity index (χ1) is 15.1. The van der Waals surface area contributed by atoms with Crippen LogP contribution >= 0.6 is 0 Å². The van der Waals surface area contributed by atoms with Crippen molar-refractivity contribution in [3.8, 4) is 11.5 Å². The molecule has 3 rings (SSSR count). The van der Waals surface area contributed by atoms with Gasteiger partial charge in [-0.15, -0.1) is 0 Å². The highest BCUT2D eigenvalue weighted by Gasteiger charge is 2.23. The normalized spacial score (nSPS) is 14.2. The van der Waals surface area contributed by atoms with Crippen molar-refractivity contribution < 1.29 is 19.1 Å². The van der Waals surface area contributed by atoms with Crippen LogP contribution in [0.1, 0.15) is 19.4 Å². The number of anilines is 1. The van der Waals surface area contributed by atoms with Crippen LogP contribution in [-0.4, -0.2) is 67.6 Å². The number of benzene rings is 2. The first-order valence-electron chi connectivity index (χ1n) is 10.8. The van der Waals surface area contributed by atoms with E-state index in [1.165, 1.54) is 0 Å². The lowest BCUT2D eigenvalue weighted by Gasteiger charge is -2.34. The Morgan fingerprint density at radius 1 is 0.903 bits per heavy atom. The number of piperazine rings is 1. The first kappa shape index (κ1) is 22.6. The molecule has 0 spiro atoms. The zero-order valence-electron chi connectivity index (χ0n) is 18.3. The third-order valence-electron chi connectivity index (χ3n) is 5.26. The second kappa shape index (κ2) is 11.4. The van der Waals surface area contributed by atoms with Gasteiger partial charge in [-0.1, -0.05) is 37.3 Å². The fourth-order valence-electron chi connectivity index (χ4n) is 3.57.